The Labute approximate surface area is 71.3 Å². The Hall–Kier alpha value is -0.120. The Kier molecular flexibility index (Phi) is 1.35. The summed E-state index contributed by atoms with van der Waals surface area (Å²) in [6.45, 7) is 0.979. The van der Waals surface area contributed by atoms with Crippen LogP contribution in [0.3, 0.4) is 0 Å². The molecule has 2 saturated carbocycles. The van der Waals surface area contributed by atoms with E-state index in [-0.39, 0.29) is 18.8 Å². The lowest BCUT2D eigenvalue weighted by Crippen LogP contribution is -2.38. The third kappa shape index (κ3) is 0.640. The molecule has 0 aromatic rings. The fourth-order valence-electron chi connectivity index (χ4n) is 3.53. The fraction of sp³-hybridized carbons (Fsp3) is 1.00. The van der Waals surface area contributed by atoms with Gasteiger partial charge in [0.2, 0.25) is 0 Å². The summed E-state index contributed by atoms with van der Waals surface area (Å²) in [5.74, 6) is 1.71. The highest BCUT2D eigenvalue weighted by molar-refractivity contribution is 5.09. The number of hydrogen-bond donors (Lipinski definition) is 2. The van der Waals surface area contributed by atoms with Crippen LogP contribution in [-0.2, 0) is 4.74 Å². The summed E-state index contributed by atoms with van der Waals surface area (Å²) in [5, 5.41) is 18.9. The molecule has 2 N–H and O–H groups in total. The quantitative estimate of drug-likeness (QED) is 0.564. The first-order valence-corrected chi connectivity index (χ1v) is 4.73. The van der Waals surface area contributed by atoms with E-state index in [4.69, 9.17) is 9.84 Å². The Morgan fingerprint density at radius 1 is 1.25 bits per heavy atom. The predicted molar refractivity (Wildman–Crippen MR) is 41.4 cm³/mol. The standard InChI is InChI=1S/C9H14O3/c10-2-6-4-1-5-7(6)3-12-9(5)8(4)11/h4-11H,1-3H2/t4-,5+,6-,7+,8-,9-/m0/s1. The van der Waals surface area contributed by atoms with Crippen molar-refractivity contribution in [2.75, 3.05) is 13.2 Å². The van der Waals surface area contributed by atoms with E-state index in [2.05, 4.69) is 0 Å². The minimum atomic E-state index is -0.300. The van der Waals surface area contributed by atoms with Gasteiger partial charge in [-0.25, -0.2) is 0 Å². The van der Waals surface area contributed by atoms with Gasteiger partial charge in [-0.15, -0.1) is 0 Å². The van der Waals surface area contributed by atoms with Crippen LogP contribution < -0.4 is 0 Å². The first kappa shape index (κ1) is 7.30. The molecule has 1 aliphatic heterocycles. The highest BCUT2D eigenvalue weighted by Crippen LogP contribution is 2.56. The van der Waals surface area contributed by atoms with Gasteiger partial charge in [0.25, 0.3) is 0 Å². The van der Waals surface area contributed by atoms with Crippen molar-refractivity contribution in [2.45, 2.75) is 18.6 Å². The largest absolute Gasteiger partial charge is 0.396 e. The van der Waals surface area contributed by atoms with Crippen LogP contribution in [0.2, 0.25) is 0 Å². The minimum Gasteiger partial charge on any atom is -0.396 e. The molecule has 3 nitrogen and oxygen atoms in total. The zero-order valence-electron chi connectivity index (χ0n) is 6.89. The molecule has 0 unspecified atom stereocenters. The molecule has 68 valence electrons. The van der Waals surface area contributed by atoms with E-state index in [9.17, 15) is 5.11 Å². The van der Waals surface area contributed by atoms with Gasteiger partial charge in [-0.05, 0) is 30.1 Å². The summed E-state index contributed by atoms with van der Waals surface area (Å²) in [6.07, 6.45) is 0.871. The summed E-state index contributed by atoms with van der Waals surface area (Å²) in [4.78, 5) is 0. The average Bonchev–Trinajstić information content (AvgIpc) is 2.62. The Balaban J connectivity index is 1.95. The maximum atomic E-state index is 9.77. The lowest BCUT2D eigenvalue weighted by molar-refractivity contribution is -0.0228. The molecule has 3 fully saturated rings. The highest BCUT2D eigenvalue weighted by atomic mass is 16.5. The van der Waals surface area contributed by atoms with Crippen molar-refractivity contribution in [3.8, 4) is 0 Å². The molecule has 0 aromatic carbocycles. The Morgan fingerprint density at radius 3 is 2.83 bits per heavy atom. The Bertz CT molecular complexity index is 206. The molecule has 6 atom stereocenters. The van der Waals surface area contributed by atoms with Gasteiger partial charge in [0, 0.05) is 6.61 Å². The van der Waals surface area contributed by atoms with Crippen molar-refractivity contribution in [1.29, 1.82) is 0 Å². The monoisotopic (exact) mass is 170 g/mol. The molecule has 2 aliphatic carbocycles. The van der Waals surface area contributed by atoms with Crippen LogP contribution in [0.15, 0.2) is 0 Å². The molecule has 0 radical (unpaired) electrons. The van der Waals surface area contributed by atoms with Gasteiger partial charge in [-0.3, -0.25) is 0 Å². The highest BCUT2D eigenvalue weighted by Gasteiger charge is 2.61. The van der Waals surface area contributed by atoms with Gasteiger partial charge in [-0.2, -0.15) is 0 Å². The predicted octanol–water partition coefficient (Wildman–Crippen LogP) is -0.380. The number of aliphatic hydroxyl groups is 2. The second-order valence-corrected chi connectivity index (χ2v) is 4.36. The summed E-state index contributed by atoms with van der Waals surface area (Å²) in [5.41, 5.74) is 0. The van der Waals surface area contributed by atoms with Gasteiger partial charge in [-0.1, -0.05) is 0 Å². The van der Waals surface area contributed by atoms with Crippen LogP contribution in [-0.4, -0.2) is 35.6 Å². The van der Waals surface area contributed by atoms with Gasteiger partial charge < -0.3 is 14.9 Å². The fourth-order valence-corrected chi connectivity index (χ4v) is 3.53. The normalized spacial score (nSPS) is 61.5. The topological polar surface area (TPSA) is 49.7 Å². The maximum Gasteiger partial charge on any atom is 0.0868 e. The van der Waals surface area contributed by atoms with Crippen molar-refractivity contribution in [2.24, 2.45) is 23.7 Å². The summed E-state index contributed by atoms with van der Waals surface area (Å²) in [7, 11) is 0. The third-order valence-electron chi connectivity index (χ3n) is 4.08. The SMILES string of the molecule is OC[C@@H]1[C@@H]2CO[C@@H]3[C@@H](O)[C@H]1C[C@H]23. The molecule has 3 rings (SSSR count). The van der Waals surface area contributed by atoms with E-state index in [1.165, 1.54) is 0 Å². The third-order valence-corrected chi connectivity index (χ3v) is 4.08. The first-order valence-electron chi connectivity index (χ1n) is 4.73. The number of hydrogen-bond acceptors (Lipinski definition) is 3. The van der Waals surface area contributed by atoms with Crippen LogP contribution in [0.5, 0.6) is 0 Å². The second kappa shape index (κ2) is 2.22. The van der Waals surface area contributed by atoms with E-state index >= 15 is 0 Å². The summed E-state index contributed by atoms with van der Waals surface area (Å²) in [6, 6.07) is 0. The molecule has 0 aromatic heterocycles. The molecule has 2 bridgehead atoms. The zero-order valence-corrected chi connectivity index (χ0v) is 6.89. The van der Waals surface area contributed by atoms with Crippen molar-refractivity contribution in [3.63, 3.8) is 0 Å². The van der Waals surface area contributed by atoms with Gasteiger partial charge in [0.15, 0.2) is 0 Å². The summed E-state index contributed by atoms with van der Waals surface area (Å²) >= 11 is 0. The molecule has 3 heteroatoms. The molecule has 1 saturated heterocycles. The summed E-state index contributed by atoms with van der Waals surface area (Å²) < 4.78 is 5.51. The zero-order chi connectivity index (χ0) is 8.29. The average molecular weight is 170 g/mol. The number of rotatable bonds is 1. The number of aliphatic hydroxyl groups excluding tert-OH is 2. The van der Waals surface area contributed by atoms with Gasteiger partial charge in [0.05, 0.1) is 18.8 Å². The van der Waals surface area contributed by atoms with Crippen LogP contribution >= 0.6 is 0 Å². The Morgan fingerprint density at radius 2 is 2.08 bits per heavy atom. The smallest absolute Gasteiger partial charge is 0.0868 e. The van der Waals surface area contributed by atoms with Crippen LogP contribution in [0, 0.1) is 23.7 Å². The van der Waals surface area contributed by atoms with E-state index in [0.717, 1.165) is 13.0 Å². The van der Waals surface area contributed by atoms with Gasteiger partial charge in [0.1, 0.15) is 0 Å². The second-order valence-electron chi connectivity index (χ2n) is 4.36. The van der Waals surface area contributed by atoms with Crippen LogP contribution in [0.25, 0.3) is 0 Å². The first-order chi connectivity index (χ1) is 5.83. The molecule has 0 spiro atoms. The van der Waals surface area contributed by atoms with Crippen LogP contribution in [0.4, 0.5) is 0 Å². The van der Waals surface area contributed by atoms with Crippen LogP contribution in [0.1, 0.15) is 6.42 Å². The van der Waals surface area contributed by atoms with Crippen molar-refractivity contribution in [1.82, 2.24) is 0 Å². The molecule has 1 heterocycles. The van der Waals surface area contributed by atoms with Crippen molar-refractivity contribution < 1.29 is 14.9 Å². The van der Waals surface area contributed by atoms with Gasteiger partial charge >= 0.3 is 0 Å². The number of ether oxygens (including phenoxy) is 1. The molecule has 3 aliphatic rings. The molecule has 12 heavy (non-hydrogen) atoms. The molecule has 0 amide bonds. The molecular formula is C9H14O3. The lowest BCUT2D eigenvalue weighted by atomic mass is 9.79. The molecular weight excluding hydrogens is 156 g/mol. The maximum absolute atomic E-state index is 9.77. The van der Waals surface area contributed by atoms with E-state index < -0.39 is 0 Å². The lowest BCUT2D eigenvalue weighted by Gasteiger charge is -2.28. The van der Waals surface area contributed by atoms with E-state index in [1.807, 2.05) is 0 Å². The van der Waals surface area contributed by atoms with Crippen molar-refractivity contribution in [3.05, 3.63) is 0 Å². The van der Waals surface area contributed by atoms with Crippen molar-refractivity contribution >= 4 is 0 Å². The van der Waals surface area contributed by atoms with E-state index in [1.54, 1.807) is 0 Å². The number of fused-ring (bicyclic) bond motifs is 1. The van der Waals surface area contributed by atoms with E-state index in [0.29, 0.717) is 23.7 Å². The minimum absolute atomic E-state index is 0.0998.